The van der Waals surface area contributed by atoms with Gasteiger partial charge in [-0.2, -0.15) is 0 Å². The molecule has 1 aromatic heterocycles. The second kappa shape index (κ2) is 6.16. The Balaban J connectivity index is 1.61. The number of nitrogens with zero attached hydrogens (tertiary/aromatic N) is 2. The third-order valence-corrected chi connectivity index (χ3v) is 4.78. The quantitative estimate of drug-likeness (QED) is 0.933. The van der Waals surface area contributed by atoms with E-state index in [0.29, 0.717) is 6.42 Å². The predicted octanol–water partition coefficient (Wildman–Crippen LogP) is 3.59. The number of hydrogen-bond donors (Lipinski definition) is 1. The van der Waals surface area contributed by atoms with E-state index in [1.807, 2.05) is 37.3 Å². The highest BCUT2D eigenvalue weighted by Crippen LogP contribution is 2.32. The van der Waals surface area contributed by atoms with Crippen molar-refractivity contribution < 1.29 is 9.53 Å². The Bertz CT molecular complexity index is 917. The molecule has 0 fully saturated rings. The first-order chi connectivity index (χ1) is 12.1. The molecule has 1 amide bonds. The van der Waals surface area contributed by atoms with Crippen LogP contribution in [0.1, 0.15) is 24.7 Å². The standard InChI is InChI=1S/C20H19N3O2/c1-12-11-21-19(24)10-16(12)14-5-8-17-18(9-14)23-20(22-17)13-3-6-15(25-2)7-4-13/h3-8,11,14H,9-10H2,1-2H3,(H,22,23)/t14-/m1/s1. The zero-order valence-electron chi connectivity index (χ0n) is 14.2. The summed E-state index contributed by atoms with van der Waals surface area (Å²) < 4.78 is 5.20. The smallest absolute Gasteiger partial charge is 0.249 e. The van der Waals surface area contributed by atoms with Gasteiger partial charge in [-0.3, -0.25) is 4.79 Å². The van der Waals surface area contributed by atoms with Gasteiger partial charge in [0.15, 0.2) is 0 Å². The number of H-pyrrole nitrogens is 1. The van der Waals surface area contributed by atoms with Gasteiger partial charge in [0.1, 0.15) is 11.6 Å². The molecule has 126 valence electrons. The minimum atomic E-state index is -0.0664. The fourth-order valence-corrected chi connectivity index (χ4v) is 3.36. The van der Waals surface area contributed by atoms with Crippen molar-refractivity contribution in [2.24, 2.45) is 10.9 Å². The number of ether oxygens (including phenoxy) is 1. The number of rotatable bonds is 3. The van der Waals surface area contributed by atoms with Crippen LogP contribution in [0.25, 0.3) is 17.5 Å². The highest BCUT2D eigenvalue weighted by Gasteiger charge is 2.25. The van der Waals surface area contributed by atoms with Crippen LogP contribution in [-0.4, -0.2) is 29.2 Å². The van der Waals surface area contributed by atoms with E-state index in [0.717, 1.165) is 46.1 Å². The molecule has 2 heterocycles. The van der Waals surface area contributed by atoms with E-state index in [4.69, 9.17) is 9.72 Å². The number of amides is 1. The number of carbonyl (C=O) groups is 1. The lowest BCUT2D eigenvalue weighted by Gasteiger charge is -2.22. The number of benzene rings is 1. The molecule has 1 aromatic carbocycles. The number of aromatic nitrogens is 2. The van der Waals surface area contributed by atoms with Crippen LogP contribution in [0.3, 0.4) is 0 Å². The summed E-state index contributed by atoms with van der Waals surface area (Å²) in [4.78, 5) is 23.7. The normalized spacial score (nSPS) is 19.3. The Morgan fingerprint density at radius 1 is 1.24 bits per heavy atom. The molecule has 1 N–H and O–H groups in total. The van der Waals surface area contributed by atoms with E-state index in [1.165, 1.54) is 0 Å². The van der Waals surface area contributed by atoms with Gasteiger partial charge >= 0.3 is 0 Å². The van der Waals surface area contributed by atoms with Gasteiger partial charge in [-0.05, 0) is 54.8 Å². The fraction of sp³-hybridized carbons (Fsp3) is 0.250. The fourth-order valence-electron chi connectivity index (χ4n) is 3.36. The summed E-state index contributed by atoms with van der Waals surface area (Å²) in [6, 6.07) is 7.84. The third kappa shape index (κ3) is 2.93. The monoisotopic (exact) mass is 333 g/mol. The van der Waals surface area contributed by atoms with Gasteiger partial charge in [-0.15, -0.1) is 0 Å². The zero-order valence-corrected chi connectivity index (χ0v) is 14.2. The first kappa shape index (κ1) is 15.6. The third-order valence-electron chi connectivity index (χ3n) is 4.78. The molecule has 1 aliphatic heterocycles. The van der Waals surface area contributed by atoms with Crippen molar-refractivity contribution in [1.29, 1.82) is 0 Å². The molecule has 5 nitrogen and oxygen atoms in total. The Morgan fingerprint density at radius 2 is 2.04 bits per heavy atom. The topological polar surface area (TPSA) is 67.3 Å². The molecule has 4 rings (SSSR count). The van der Waals surface area contributed by atoms with Crippen molar-refractivity contribution in [3.05, 3.63) is 52.9 Å². The maximum absolute atomic E-state index is 11.7. The average molecular weight is 333 g/mol. The van der Waals surface area contributed by atoms with Crippen LogP contribution in [-0.2, 0) is 11.2 Å². The Kier molecular flexibility index (Phi) is 3.84. The van der Waals surface area contributed by atoms with Crippen LogP contribution >= 0.6 is 0 Å². The second-order valence-electron chi connectivity index (χ2n) is 6.38. The molecule has 2 aromatic rings. The average Bonchev–Trinajstić information content (AvgIpc) is 3.07. The van der Waals surface area contributed by atoms with E-state index in [9.17, 15) is 4.79 Å². The van der Waals surface area contributed by atoms with Crippen molar-refractivity contribution >= 4 is 18.2 Å². The summed E-state index contributed by atoms with van der Waals surface area (Å²) in [5, 5.41) is 0. The Labute approximate surface area is 146 Å². The maximum atomic E-state index is 11.7. The van der Waals surface area contributed by atoms with Crippen LogP contribution < -0.4 is 4.74 Å². The van der Waals surface area contributed by atoms with Gasteiger partial charge < -0.3 is 9.72 Å². The number of allylic oxidation sites excluding steroid dienone is 2. The largest absolute Gasteiger partial charge is 0.497 e. The molecule has 0 bridgehead atoms. The number of imidazole rings is 1. The lowest BCUT2D eigenvalue weighted by Crippen LogP contribution is -2.16. The molecular weight excluding hydrogens is 314 g/mol. The van der Waals surface area contributed by atoms with E-state index < -0.39 is 0 Å². The van der Waals surface area contributed by atoms with Crippen LogP contribution in [0.2, 0.25) is 0 Å². The molecule has 2 aliphatic rings. The lowest BCUT2D eigenvalue weighted by molar-refractivity contribution is -0.117. The SMILES string of the molecule is COc1ccc(-c2nc3c([nH]2)C[C@H](C2=C(C)C=NC(=O)C2)C=C3)cc1. The van der Waals surface area contributed by atoms with E-state index >= 15 is 0 Å². The van der Waals surface area contributed by atoms with E-state index in [-0.39, 0.29) is 11.8 Å². The van der Waals surface area contributed by atoms with Gasteiger partial charge in [-0.25, -0.2) is 9.98 Å². The van der Waals surface area contributed by atoms with E-state index in [1.54, 1.807) is 13.3 Å². The molecule has 25 heavy (non-hydrogen) atoms. The van der Waals surface area contributed by atoms with Crippen molar-refractivity contribution in [3.63, 3.8) is 0 Å². The number of dihydropyridines is 1. The number of fused-ring (bicyclic) bond motifs is 1. The molecule has 1 atom stereocenters. The Hall–Kier alpha value is -2.95. The van der Waals surface area contributed by atoms with Gasteiger partial charge in [0, 0.05) is 23.4 Å². The van der Waals surface area contributed by atoms with Gasteiger partial charge in [0.05, 0.1) is 19.2 Å². The van der Waals surface area contributed by atoms with Gasteiger partial charge in [0.25, 0.3) is 0 Å². The molecule has 0 unspecified atom stereocenters. The first-order valence-electron chi connectivity index (χ1n) is 8.32. The summed E-state index contributed by atoms with van der Waals surface area (Å²) >= 11 is 0. The summed E-state index contributed by atoms with van der Waals surface area (Å²) in [5.74, 6) is 1.83. The number of nitrogens with one attached hydrogen (secondary N) is 1. The maximum Gasteiger partial charge on any atom is 0.249 e. The molecule has 0 radical (unpaired) electrons. The predicted molar refractivity (Wildman–Crippen MR) is 97.6 cm³/mol. The van der Waals surface area contributed by atoms with Crippen molar-refractivity contribution in [1.82, 2.24) is 9.97 Å². The first-order valence-corrected chi connectivity index (χ1v) is 8.32. The molecular formula is C20H19N3O2. The number of methoxy groups -OCH3 is 1. The van der Waals surface area contributed by atoms with Crippen LogP contribution in [0.5, 0.6) is 5.75 Å². The van der Waals surface area contributed by atoms with Crippen LogP contribution in [0, 0.1) is 5.92 Å². The Morgan fingerprint density at radius 3 is 2.80 bits per heavy atom. The van der Waals surface area contributed by atoms with Crippen LogP contribution in [0.15, 0.2) is 46.5 Å². The summed E-state index contributed by atoms with van der Waals surface area (Å²) in [5.41, 5.74) is 5.34. The lowest BCUT2D eigenvalue weighted by atomic mass is 9.84. The highest BCUT2D eigenvalue weighted by molar-refractivity contribution is 5.97. The minimum Gasteiger partial charge on any atom is -0.497 e. The van der Waals surface area contributed by atoms with Gasteiger partial charge in [0.2, 0.25) is 5.91 Å². The molecule has 0 spiro atoms. The van der Waals surface area contributed by atoms with Crippen molar-refractivity contribution in [2.75, 3.05) is 7.11 Å². The summed E-state index contributed by atoms with van der Waals surface area (Å²) in [6.07, 6.45) is 7.10. The summed E-state index contributed by atoms with van der Waals surface area (Å²) in [6.45, 7) is 2.02. The van der Waals surface area contributed by atoms with Crippen molar-refractivity contribution in [2.45, 2.75) is 19.8 Å². The molecule has 5 heteroatoms. The van der Waals surface area contributed by atoms with Crippen molar-refractivity contribution in [3.8, 4) is 17.1 Å². The summed E-state index contributed by atoms with van der Waals surface area (Å²) in [7, 11) is 1.66. The van der Waals surface area contributed by atoms with Gasteiger partial charge in [-0.1, -0.05) is 6.08 Å². The minimum absolute atomic E-state index is 0.0664. The number of aliphatic imine (C=N–C) groups is 1. The number of aromatic amines is 1. The number of hydrogen-bond acceptors (Lipinski definition) is 3. The molecule has 0 saturated heterocycles. The number of carbonyl (C=O) groups excluding carboxylic acids is 1. The zero-order chi connectivity index (χ0) is 17.4. The van der Waals surface area contributed by atoms with Crippen LogP contribution in [0.4, 0.5) is 0 Å². The molecule has 0 saturated carbocycles. The van der Waals surface area contributed by atoms with E-state index in [2.05, 4.69) is 16.1 Å². The second-order valence-corrected chi connectivity index (χ2v) is 6.38. The highest BCUT2D eigenvalue weighted by atomic mass is 16.5. The molecule has 1 aliphatic carbocycles.